The van der Waals surface area contributed by atoms with Crippen molar-refractivity contribution in [2.24, 2.45) is 0 Å². The number of nitrogens with zero attached hydrogens (tertiary/aromatic N) is 1. The van der Waals surface area contributed by atoms with Crippen molar-refractivity contribution >= 4 is 17.9 Å². The Hall–Kier alpha value is -4.83. The highest BCUT2D eigenvalue weighted by Gasteiger charge is 2.22. The molecule has 0 fully saturated rings. The number of unbranched alkanes of at least 4 members (excludes halogenated alkanes) is 38. The maximum atomic E-state index is 13.0. The van der Waals surface area contributed by atoms with Crippen molar-refractivity contribution in [2.45, 2.75) is 373 Å². The van der Waals surface area contributed by atoms with E-state index >= 15 is 0 Å². The molecule has 0 bridgehead atoms. The molecule has 2 unspecified atom stereocenters. The smallest absolute Gasteiger partial charge is 0.306 e. The van der Waals surface area contributed by atoms with E-state index in [-0.39, 0.29) is 38.6 Å². The summed E-state index contributed by atoms with van der Waals surface area (Å²) in [5, 5.41) is 11.9. The number of carbonyl (C=O) groups excluding carboxylic acids is 3. The molecule has 0 aliphatic rings. The van der Waals surface area contributed by atoms with Gasteiger partial charge in [0.05, 0.1) is 40.3 Å². The SMILES string of the molecule is CC/C=C\C/C=C\C/C=C\C/C=C\C/C=C\C/C=C\C/C=C\C/C=C\C/C=C\CCCCCCCCCCCCCC(=O)OC(COC(=O)CCCCCCCCCCCCCCCCCCCCCCCC/C=C\C/C=C\C/C=C\CCCCCCC)COC(OCC[N+](C)(C)C)C(=O)[O-]. The minimum Gasteiger partial charge on any atom is -0.545 e. The molecule has 2 atom stereocenters. The first kappa shape index (κ1) is 96.2. The number of allylic oxidation sites excluding steroid dienone is 24. The monoisotopic (exact) mass is 1400 g/mol. The minimum absolute atomic E-state index is 0.143. The summed E-state index contributed by atoms with van der Waals surface area (Å²) in [5.74, 6) is -2.28. The molecule has 101 heavy (non-hydrogen) atoms. The van der Waals surface area contributed by atoms with E-state index in [0.29, 0.717) is 17.4 Å². The second kappa shape index (κ2) is 80.8. The number of ether oxygens (including phenoxy) is 4. The van der Waals surface area contributed by atoms with Crippen molar-refractivity contribution in [3.63, 3.8) is 0 Å². The first-order chi connectivity index (χ1) is 49.6. The average molecular weight is 1410 g/mol. The lowest BCUT2D eigenvalue weighted by molar-refractivity contribution is -0.870. The maximum absolute atomic E-state index is 13.0. The molecular weight excluding hydrogens is 1250 g/mol. The number of quaternary nitrogens is 1. The summed E-state index contributed by atoms with van der Waals surface area (Å²) in [4.78, 5) is 37.7. The number of carboxylic acids is 1. The molecule has 0 saturated heterocycles. The Morgan fingerprint density at radius 1 is 0.307 bits per heavy atom. The Kier molecular flexibility index (Phi) is 77.0. The Morgan fingerprint density at radius 3 is 0.842 bits per heavy atom. The topological polar surface area (TPSA) is 111 Å². The second-order valence-electron chi connectivity index (χ2n) is 29.0. The average Bonchev–Trinajstić information content (AvgIpc) is 1.21. The number of hydrogen-bond donors (Lipinski definition) is 0. The molecule has 0 amide bonds. The molecule has 578 valence electrons. The van der Waals surface area contributed by atoms with Gasteiger partial charge in [0.2, 0.25) is 0 Å². The van der Waals surface area contributed by atoms with Crippen molar-refractivity contribution < 1.29 is 42.9 Å². The van der Waals surface area contributed by atoms with Gasteiger partial charge in [0.1, 0.15) is 13.2 Å². The summed E-state index contributed by atoms with van der Waals surface area (Å²) in [6.45, 7) is 4.65. The van der Waals surface area contributed by atoms with Gasteiger partial charge >= 0.3 is 11.9 Å². The predicted octanol–water partition coefficient (Wildman–Crippen LogP) is 26.0. The molecule has 0 saturated carbocycles. The molecule has 0 aliphatic heterocycles. The summed E-state index contributed by atoms with van der Waals surface area (Å²) in [6.07, 6.45) is 115. The summed E-state index contributed by atoms with van der Waals surface area (Å²) >= 11 is 0. The van der Waals surface area contributed by atoms with Gasteiger partial charge in [0, 0.05) is 12.8 Å². The van der Waals surface area contributed by atoms with Crippen LogP contribution in [0.25, 0.3) is 0 Å². The fraction of sp³-hybridized carbons (Fsp3) is 0.707. The number of carboxylic acid groups (broad SMARTS) is 1. The van der Waals surface area contributed by atoms with E-state index in [1.54, 1.807) is 0 Å². The summed E-state index contributed by atoms with van der Waals surface area (Å²) < 4.78 is 22.9. The highest BCUT2D eigenvalue weighted by atomic mass is 16.7. The van der Waals surface area contributed by atoms with Crippen molar-refractivity contribution in [1.82, 2.24) is 0 Å². The third kappa shape index (κ3) is 82.3. The first-order valence-electron chi connectivity index (χ1n) is 42.0. The number of rotatable bonds is 77. The van der Waals surface area contributed by atoms with E-state index in [4.69, 9.17) is 18.9 Å². The third-order valence-electron chi connectivity index (χ3n) is 18.1. The maximum Gasteiger partial charge on any atom is 0.306 e. The largest absolute Gasteiger partial charge is 0.545 e. The van der Waals surface area contributed by atoms with Gasteiger partial charge in [-0.15, -0.1) is 0 Å². The highest BCUT2D eigenvalue weighted by molar-refractivity contribution is 5.70. The van der Waals surface area contributed by atoms with E-state index < -0.39 is 24.3 Å². The van der Waals surface area contributed by atoms with Crippen LogP contribution in [0, 0.1) is 0 Å². The lowest BCUT2D eigenvalue weighted by Crippen LogP contribution is -2.44. The molecule has 0 spiro atoms. The summed E-state index contributed by atoms with van der Waals surface area (Å²) in [6, 6.07) is 0. The minimum atomic E-state index is -1.63. The number of carbonyl (C=O) groups is 3. The van der Waals surface area contributed by atoms with Crippen molar-refractivity contribution in [1.29, 1.82) is 0 Å². The quantitative estimate of drug-likeness (QED) is 0.0195. The van der Waals surface area contributed by atoms with Gasteiger partial charge in [-0.05, 0) is 122 Å². The third-order valence-corrected chi connectivity index (χ3v) is 18.1. The van der Waals surface area contributed by atoms with Gasteiger partial charge in [-0.1, -0.05) is 372 Å². The summed E-state index contributed by atoms with van der Waals surface area (Å²) in [7, 11) is 5.94. The number of hydrogen-bond acceptors (Lipinski definition) is 8. The molecule has 9 nitrogen and oxygen atoms in total. The lowest BCUT2D eigenvalue weighted by Gasteiger charge is -2.26. The first-order valence-corrected chi connectivity index (χ1v) is 42.0. The molecule has 0 aliphatic carbocycles. The predicted molar refractivity (Wildman–Crippen MR) is 435 cm³/mol. The Bertz CT molecular complexity index is 2180. The Balaban J connectivity index is 4.04. The molecule has 0 heterocycles. The van der Waals surface area contributed by atoms with Gasteiger partial charge in [-0.3, -0.25) is 9.59 Å². The highest BCUT2D eigenvalue weighted by Crippen LogP contribution is 2.18. The van der Waals surface area contributed by atoms with Gasteiger partial charge in [-0.25, -0.2) is 0 Å². The number of aliphatic carboxylic acids is 1. The summed E-state index contributed by atoms with van der Waals surface area (Å²) in [5.41, 5.74) is 0. The fourth-order valence-corrected chi connectivity index (χ4v) is 11.7. The second-order valence-corrected chi connectivity index (χ2v) is 29.0. The molecule has 0 aromatic heterocycles. The number of esters is 2. The van der Waals surface area contributed by atoms with E-state index in [1.807, 2.05) is 21.1 Å². The van der Waals surface area contributed by atoms with Gasteiger partial charge in [-0.2, -0.15) is 0 Å². The number of likely N-dealkylation sites (N-methyl/N-ethyl adjacent to an activating group) is 1. The lowest BCUT2D eigenvalue weighted by atomic mass is 10.0. The van der Waals surface area contributed by atoms with Gasteiger partial charge in [0.25, 0.3) is 0 Å². The van der Waals surface area contributed by atoms with Crippen molar-refractivity contribution in [2.75, 3.05) is 47.5 Å². The van der Waals surface area contributed by atoms with Crippen molar-refractivity contribution in [3.05, 3.63) is 146 Å². The zero-order valence-electron chi connectivity index (χ0n) is 66.2. The molecule has 9 heteroatoms. The van der Waals surface area contributed by atoms with Crippen LogP contribution in [0.4, 0.5) is 0 Å². The fourth-order valence-electron chi connectivity index (χ4n) is 11.7. The molecule has 0 N–H and O–H groups in total. The zero-order valence-corrected chi connectivity index (χ0v) is 66.2. The molecule has 0 rings (SSSR count). The van der Waals surface area contributed by atoms with Crippen LogP contribution < -0.4 is 5.11 Å². The van der Waals surface area contributed by atoms with Gasteiger partial charge < -0.3 is 33.3 Å². The van der Waals surface area contributed by atoms with Crippen LogP contribution in [0.1, 0.15) is 361 Å². The zero-order chi connectivity index (χ0) is 73.2. The Morgan fingerprint density at radius 2 is 0.564 bits per heavy atom. The van der Waals surface area contributed by atoms with Crippen molar-refractivity contribution in [3.8, 4) is 0 Å². The normalized spacial score (nSPS) is 13.4. The van der Waals surface area contributed by atoms with E-state index in [9.17, 15) is 19.5 Å². The van der Waals surface area contributed by atoms with Crippen LogP contribution in [0.2, 0.25) is 0 Å². The molecular formula is C92H157NO8. The van der Waals surface area contributed by atoms with Gasteiger partial charge in [0.15, 0.2) is 12.4 Å². The van der Waals surface area contributed by atoms with E-state index in [0.717, 1.165) is 116 Å². The van der Waals surface area contributed by atoms with Crippen LogP contribution in [0.3, 0.4) is 0 Å². The van der Waals surface area contributed by atoms with E-state index in [2.05, 4.69) is 160 Å². The van der Waals surface area contributed by atoms with Crippen LogP contribution in [0.5, 0.6) is 0 Å². The Labute approximate surface area is 623 Å². The van der Waals surface area contributed by atoms with Crippen LogP contribution in [0.15, 0.2) is 146 Å². The molecule has 0 aromatic carbocycles. The van der Waals surface area contributed by atoms with Crippen LogP contribution >= 0.6 is 0 Å². The van der Waals surface area contributed by atoms with E-state index in [1.165, 1.54) is 212 Å². The van der Waals surface area contributed by atoms with Crippen LogP contribution in [-0.2, 0) is 33.3 Å². The standard InChI is InChI=1S/C92H157NO8/c1-6-8-10-12-14-16-18-20-22-24-26-28-30-32-34-36-38-40-42-44-45-47-49-51-53-55-57-59-61-63-65-67-69-71-73-75-77-79-81-83-90(95)101-88(87-100-92(91(96)97)98-85-84-93(3,4)5)86-99-89(94)82-80-78-76-74-72-70-68-66-64-62-60-58-56-54-52-50-48-46-43-41-39-37-35-33-31-29-27-25-23-21-19-17-15-13-11-9-7-2/h8,10,14,16,19-22,25-28,31-34,38,40,44-45,49,51,55,57,88,92H,6-7,9,11-13,15,17-18,23-24,29-30,35-37,39,41-43,46-48,50,52-54,56,58-87H2,1-5H3/b10-8-,16-14-,21-19-,22-20-,27-25-,28-26-,33-31-,34-32-,40-38-,45-44-,51-49-,57-55-. The molecule has 0 aromatic rings. The molecule has 0 radical (unpaired) electrons. The van der Waals surface area contributed by atoms with Crippen LogP contribution in [-0.4, -0.2) is 82.3 Å².